The zero-order chi connectivity index (χ0) is 15.4. The SMILES string of the molecule is CCN(CC(C)C(N)=S)C(=O)C1CCC2CCCCC2C1. The van der Waals surface area contributed by atoms with Crippen molar-refractivity contribution < 1.29 is 4.79 Å². The van der Waals surface area contributed by atoms with E-state index < -0.39 is 0 Å². The molecule has 0 aliphatic heterocycles. The van der Waals surface area contributed by atoms with E-state index in [2.05, 4.69) is 6.92 Å². The molecule has 2 N–H and O–H groups in total. The third-order valence-corrected chi connectivity index (χ3v) is 5.96. The molecule has 21 heavy (non-hydrogen) atoms. The first kappa shape index (κ1) is 16.7. The number of fused-ring (bicyclic) bond motifs is 1. The smallest absolute Gasteiger partial charge is 0.225 e. The van der Waals surface area contributed by atoms with E-state index in [1.54, 1.807) is 0 Å². The number of hydrogen-bond acceptors (Lipinski definition) is 2. The first-order valence-corrected chi connectivity index (χ1v) is 9.01. The minimum Gasteiger partial charge on any atom is -0.393 e. The first-order chi connectivity index (χ1) is 10.0. The summed E-state index contributed by atoms with van der Waals surface area (Å²) in [6.07, 6.45) is 8.93. The predicted octanol–water partition coefficient (Wildman–Crippen LogP) is 3.36. The van der Waals surface area contributed by atoms with E-state index in [1.165, 1.54) is 32.1 Å². The predicted molar refractivity (Wildman–Crippen MR) is 91.0 cm³/mol. The van der Waals surface area contributed by atoms with Gasteiger partial charge in [-0.1, -0.05) is 44.8 Å². The molecule has 2 saturated carbocycles. The summed E-state index contributed by atoms with van der Waals surface area (Å²) in [5.41, 5.74) is 5.70. The van der Waals surface area contributed by atoms with Gasteiger partial charge in [0.1, 0.15) is 0 Å². The Labute approximate surface area is 134 Å². The second-order valence-corrected chi connectivity index (χ2v) is 7.47. The van der Waals surface area contributed by atoms with Gasteiger partial charge in [-0.2, -0.15) is 0 Å². The molecule has 0 radical (unpaired) electrons. The van der Waals surface area contributed by atoms with Crippen LogP contribution >= 0.6 is 12.2 Å². The summed E-state index contributed by atoms with van der Waals surface area (Å²) in [5.74, 6) is 2.38. The fraction of sp³-hybridized carbons (Fsp3) is 0.882. The molecule has 0 aromatic rings. The third-order valence-electron chi connectivity index (χ3n) is 5.56. The summed E-state index contributed by atoms with van der Waals surface area (Å²) in [4.78, 5) is 15.3. The number of thiocarbonyl (C=S) groups is 1. The van der Waals surface area contributed by atoms with Gasteiger partial charge in [0.2, 0.25) is 5.91 Å². The van der Waals surface area contributed by atoms with Crippen molar-refractivity contribution in [1.29, 1.82) is 0 Å². The molecule has 2 aliphatic rings. The molecule has 2 fully saturated rings. The maximum Gasteiger partial charge on any atom is 0.225 e. The Kier molecular flexibility index (Phi) is 6.03. The van der Waals surface area contributed by atoms with Crippen LogP contribution < -0.4 is 5.73 Å². The summed E-state index contributed by atoms with van der Waals surface area (Å²) in [7, 11) is 0. The monoisotopic (exact) mass is 310 g/mol. The summed E-state index contributed by atoms with van der Waals surface area (Å²) in [6.45, 7) is 5.50. The molecule has 4 heteroatoms. The van der Waals surface area contributed by atoms with Gasteiger partial charge in [0.15, 0.2) is 0 Å². The zero-order valence-electron chi connectivity index (χ0n) is 13.5. The van der Waals surface area contributed by atoms with Crippen LogP contribution in [-0.4, -0.2) is 28.9 Å². The van der Waals surface area contributed by atoms with Gasteiger partial charge in [-0.05, 0) is 38.0 Å². The lowest BCUT2D eigenvalue weighted by Crippen LogP contribution is -2.43. The molecule has 2 rings (SSSR count). The zero-order valence-corrected chi connectivity index (χ0v) is 14.3. The van der Waals surface area contributed by atoms with Crippen LogP contribution in [0.4, 0.5) is 0 Å². The first-order valence-electron chi connectivity index (χ1n) is 8.61. The summed E-state index contributed by atoms with van der Waals surface area (Å²) >= 11 is 5.04. The summed E-state index contributed by atoms with van der Waals surface area (Å²) < 4.78 is 0. The van der Waals surface area contributed by atoms with Crippen LogP contribution in [0.5, 0.6) is 0 Å². The van der Waals surface area contributed by atoms with E-state index in [-0.39, 0.29) is 11.8 Å². The summed E-state index contributed by atoms with van der Waals surface area (Å²) in [5, 5.41) is 0. The van der Waals surface area contributed by atoms with Crippen molar-refractivity contribution >= 4 is 23.1 Å². The fourth-order valence-corrected chi connectivity index (χ4v) is 4.23. The number of amides is 1. The fourth-order valence-electron chi connectivity index (χ4n) is 4.15. The van der Waals surface area contributed by atoms with Gasteiger partial charge in [-0.25, -0.2) is 0 Å². The molecular formula is C17H30N2OS. The van der Waals surface area contributed by atoms with Crippen LogP contribution in [0.2, 0.25) is 0 Å². The van der Waals surface area contributed by atoms with Gasteiger partial charge >= 0.3 is 0 Å². The molecule has 4 atom stereocenters. The third kappa shape index (κ3) is 4.18. The van der Waals surface area contributed by atoms with E-state index in [4.69, 9.17) is 18.0 Å². The van der Waals surface area contributed by atoms with Crippen molar-refractivity contribution in [2.45, 2.75) is 58.8 Å². The van der Waals surface area contributed by atoms with E-state index in [0.717, 1.165) is 31.2 Å². The van der Waals surface area contributed by atoms with Crippen molar-refractivity contribution in [1.82, 2.24) is 4.90 Å². The number of rotatable bonds is 5. The molecule has 0 spiro atoms. The Balaban J connectivity index is 1.93. The Morgan fingerprint density at radius 1 is 1.24 bits per heavy atom. The molecule has 0 heterocycles. The minimum absolute atomic E-state index is 0.106. The standard InChI is InChI=1S/C17H30N2OS/c1-3-19(11-12(2)16(18)21)17(20)15-9-8-13-6-4-5-7-14(13)10-15/h12-15H,3-11H2,1-2H3,(H2,18,21). The van der Waals surface area contributed by atoms with Gasteiger partial charge in [0, 0.05) is 24.9 Å². The van der Waals surface area contributed by atoms with E-state index >= 15 is 0 Å². The van der Waals surface area contributed by atoms with Gasteiger partial charge < -0.3 is 10.6 Å². The van der Waals surface area contributed by atoms with E-state index in [0.29, 0.717) is 17.4 Å². The van der Waals surface area contributed by atoms with Gasteiger partial charge in [0.25, 0.3) is 0 Å². The Hall–Kier alpha value is -0.640. The molecule has 3 nitrogen and oxygen atoms in total. The highest BCUT2D eigenvalue weighted by molar-refractivity contribution is 7.80. The minimum atomic E-state index is 0.106. The molecule has 0 aromatic heterocycles. The number of nitrogens with two attached hydrogens (primary N) is 1. The van der Waals surface area contributed by atoms with E-state index in [1.807, 2.05) is 11.8 Å². The lowest BCUT2D eigenvalue weighted by Gasteiger charge is -2.40. The molecular weight excluding hydrogens is 280 g/mol. The second-order valence-electron chi connectivity index (χ2n) is 6.99. The van der Waals surface area contributed by atoms with Crippen LogP contribution in [0.25, 0.3) is 0 Å². The topological polar surface area (TPSA) is 46.3 Å². The highest BCUT2D eigenvalue weighted by Gasteiger charge is 2.36. The largest absolute Gasteiger partial charge is 0.393 e. The van der Waals surface area contributed by atoms with Crippen LogP contribution in [0.1, 0.15) is 58.8 Å². The highest BCUT2D eigenvalue weighted by Crippen LogP contribution is 2.43. The lowest BCUT2D eigenvalue weighted by molar-refractivity contribution is -0.138. The van der Waals surface area contributed by atoms with Crippen LogP contribution in [-0.2, 0) is 4.79 Å². The lowest BCUT2D eigenvalue weighted by atomic mass is 9.67. The average Bonchev–Trinajstić information content (AvgIpc) is 2.51. The molecule has 0 aromatic carbocycles. The Bertz CT molecular complexity index is 385. The quantitative estimate of drug-likeness (QED) is 0.792. The number of nitrogens with zero attached hydrogens (tertiary/aromatic N) is 1. The van der Waals surface area contributed by atoms with Gasteiger partial charge in [-0.15, -0.1) is 0 Å². The number of carbonyl (C=O) groups is 1. The number of carbonyl (C=O) groups excluding carboxylic acids is 1. The Morgan fingerprint density at radius 3 is 2.52 bits per heavy atom. The molecule has 0 bridgehead atoms. The van der Waals surface area contributed by atoms with Crippen LogP contribution in [0, 0.1) is 23.7 Å². The van der Waals surface area contributed by atoms with Gasteiger partial charge in [0.05, 0.1) is 4.99 Å². The van der Waals surface area contributed by atoms with Crippen molar-refractivity contribution in [3.63, 3.8) is 0 Å². The highest BCUT2D eigenvalue weighted by atomic mass is 32.1. The van der Waals surface area contributed by atoms with Crippen molar-refractivity contribution in [2.75, 3.05) is 13.1 Å². The second kappa shape index (κ2) is 7.57. The maximum atomic E-state index is 12.8. The van der Waals surface area contributed by atoms with Crippen LogP contribution in [0.3, 0.4) is 0 Å². The molecule has 2 aliphatic carbocycles. The van der Waals surface area contributed by atoms with Crippen LogP contribution in [0.15, 0.2) is 0 Å². The molecule has 0 saturated heterocycles. The van der Waals surface area contributed by atoms with Gasteiger partial charge in [-0.3, -0.25) is 4.79 Å². The average molecular weight is 311 g/mol. The maximum absolute atomic E-state index is 12.8. The van der Waals surface area contributed by atoms with Crippen molar-refractivity contribution in [3.05, 3.63) is 0 Å². The molecule has 4 unspecified atom stereocenters. The normalized spacial score (nSPS) is 30.3. The van der Waals surface area contributed by atoms with E-state index in [9.17, 15) is 4.79 Å². The Morgan fingerprint density at radius 2 is 1.90 bits per heavy atom. The number of hydrogen-bond donors (Lipinski definition) is 1. The molecule has 120 valence electrons. The molecule has 1 amide bonds. The van der Waals surface area contributed by atoms with Crippen molar-refractivity contribution in [3.8, 4) is 0 Å². The van der Waals surface area contributed by atoms with Crippen molar-refractivity contribution in [2.24, 2.45) is 29.4 Å². The summed E-state index contributed by atoms with van der Waals surface area (Å²) in [6, 6.07) is 0.